The van der Waals surface area contributed by atoms with E-state index in [2.05, 4.69) is 10.6 Å². The van der Waals surface area contributed by atoms with Crippen LogP contribution >= 0.6 is 0 Å². The number of hydrogen-bond donors (Lipinski definition) is 4. The van der Waals surface area contributed by atoms with Gasteiger partial charge in [0.25, 0.3) is 0 Å². The zero-order valence-electron chi connectivity index (χ0n) is 15.5. The van der Waals surface area contributed by atoms with E-state index in [4.69, 9.17) is 15.6 Å². The first kappa shape index (κ1) is 21.9. The smallest absolute Gasteiger partial charge is 0.408 e. The molecule has 0 unspecified atom stereocenters. The lowest BCUT2D eigenvalue weighted by atomic mass is 10.0. The Morgan fingerprint density at radius 2 is 1.67 bits per heavy atom. The average molecular weight is 379 g/mol. The topological polar surface area (TPSA) is 148 Å². The molecule has 1 rings (SSSR count). The van der Waals surface area contributed by atoms with Crippen molar-refractivity contribution < 1.29 is 29.0 Å². The van der Waals surface area contributed by atoms with E-state index in [0.717, 1.165) is 5.56 Å². The Balaban J connectivity index is 2.94. The van der Waals surface area contributed by atoms with Gasteiger partial charge in [-0.1, -0.05) is 30.3 Å². The summed E-state index contributed by atoms with van der Waals surface area (Å²) in [5, 5.41) is 13.8. The normalized spacial score (nSPS) is 13.1. The molecule has 0 aliphatic rings. The molecule has 27 heavy (non-hydrogen) atoms. The van der Waals surface area contributed by atoms with Gasteiger partial charge in [0, 0.05) is 6.42 Å². The van der Waals surface area contributed by atoms with Gasteiger partial charge in [-0.15, -0.1) is 0 Å². The van der Waals surface area contributed by atoms with E-state index in [-0.39, 0.29) is 6.42 Å². The number of carboxylic acids is 1. The van der Waals surface area contributed by atoms with Gasteiger partial charge in [-0.2, -0.15) is 0 Å². The zero-order chi connectivity index (χ0) is 20.6. The molecular formula is C18H25N3O6. The van der Waals surface area contributed by atoms with Crippen LogP contribution in [0.4, 0.5) is 4.79 Å². The highest BCUT2D eigenvalue weighted by Gasteiger charge is 2.29. The number of hydrogen-bond acceptors (Lipinski definition) is 5. The summed E-state index contributed by atoms with van der Waals surface area (Å²) in [6, 6.07) is 6.26. The minimum absolute atomic E-state index is 0.106. The third-order valence-electron chi connectivity index (χ3n) is 3.31. The lowest BCUT2D eigenvalue weighted by Crippen LogP contribution is -2.53. The van der Waals surface area contributed by atoms with Gasteiger partial charge in [0.05, 0.1) is 6.42 Å². The number of carbonyl (C=O) groups is 4. The van der Waals surface area contributed by atoms with Crippen LogP contribution in [0.2, 0.25) is 0 Å². The molecule has 0 aliphatic carbocycles. The van der Waals surface area contributed by atoms with Gasteiger partial charge in [0.1, 0.15) is 17.7 Å². The van der Waals surface area contributed by atoms with Gasteiger partial charge < -0.3 is 26.2 Å². The molecule has 0 saturated heterocycles. The number of alkyl carbamates (subject to hydrolysis) is 1. The van der Waals surface area contributed by atoms with Crippen molar-refractivity contribution in [3.05, 3.63) is 35.9 Å². The van der Waals surface area contributed by atoms with E-state index in [1.54, 1.807) is 51.1 Å². The molecule has 0 spiro atoms. The van der Waals surface area contributed by atoms with Crippen LogP contribution in [0.25, 0.3) is 0 Å². The lowest BCUT2D eigenvalue weighted by Gasteiger charge is -2.24. The number of carbonyl (C=O) groups excluding carboxylic acids is 3. The molecule has 1 aromatic rings. The van der Waals surface area contributed by atoms with Crippen LogP contribution in [0, 0.1) is 0 Å². The summed E-state index contributed by atoms with van der Waals surface area (Å²) in [5.41, 5.74) is 4.99. The van der Waals surface area contributed by atoms with Crippen LogP contribution in [-0.4, -0.2) is 46.7 Å². The highest BCUT2D eigenvalue weighted by Crippen LogP contribution is 2.09. The SMILES string of the molecule is CC(C)(C)OC(=O)N[C@@H](Cc1ccccc1)C(=O)N[C@@H](CC(N)=O)C(=O)O. The molecule has 0 heterocycles. The van der Waals surface area contributed by atoms with Crippen LogP contribution in [-0.2, 0) is 25.5 Å². The highest BCUT2D eigenvalue weighted by molar-refractivity contribution is 5.91. The first-order chi connectivity index (χ1) is 12.5. The average Bonchev–Trinajstić information content (AvgIpc) is 2.52. The van der Waals surface area contributed by atoms with Crippen molar-refractivity contribution in [3.8, 4) is 0 Å². The number of ether oxygens (including phenoxy) is 1. The van der Waals surface area contributed by atoms with E-state index in [0.29, 0.717) is 0 Å². The third-order valence-corrected chi connectivity index (χ3v) is 3.31. The number of nitrogens with one attached hydrogen (secondary N) is 2. The molecule has 3 amide bonds. The first-order valence-electron chi connectivity index (χ1n) is 8.33. The second-order valence-corrected chi connectivity index (χ2v) is 6.96. The molecule has 0 aromatic heterocycles. The first-order valence-corrected chi connectivity index (χ1v) is 8.33. The van der Waals surface area contributed by atoms with Crippen LogP contribution < -0.4 is 16.4 Å². The molecular weight excluding hydrogens is 354 g/mol. The minimum Gasteiger partial charge on any atom is -0.480 e. The summed E-state index contributed by atoms with van der Waals surface area (Å²) in [5.74, 6) is -3.04. The van der Waals surface area contributed by atoms with Crippen molar-refractivity contribution in [3.63, 3.8) is 0 Å². The molecule has 1 aromatic carbocycles. The summed E-state index contributed by atoms with van der Waals surface area (Å²) in [6.45, 7) is 5.02. The Morgan fingerprint density at radius 1 is 1.07 bits per heavy atom. The van der Waals surface area contributed by atoms with Crippen molar-refractivity contribution in [1.82, 2.24) is 10.6 Å². The molecule has 0 aliphatic heterocycles. The molecule has 9 nitrogen and oxygen atoms in total. The number of rotatable bonds is 8. The molecule has 0 fully saturated rings. The number of aliphatic carboxylic acids is 1. The fourth-order valence-corrected chi connectivity index (χ4v) is 2.18. The second kappa shape index (κ2) is 9.56. The van der Waals surface area contributed by atoms with Gasteiger partial charge >= 0.3 is 12.1 Å². The predicted octanol–water partition coefficient (Wildman–Crippen LogP) is 0.567. The Morgan fingerprint density at radius 3 is 2.15 bits per heavy atom. The maximum atomic E-state index is 12.5. The number of carboxylic acid groups (broad SMARTS) is 1. The van der Waals surface area contributed by atoms with Crippen molar-refractivity contribution in [1.29, 1.82) is 0 Å². The lowest BCUT2D eigenvalue weighted by molar-refractivity contribution is -0.143. The zero-order valence-corrected chi connectivity index (χ0v) is 15.5. The maximum Gasteiger partial charge on any atom is 0.408 e. The summed E-state index contributed by atoms with van der Waals surface area (Å²) >= 11 is 0. The van der Waals surface area contributed by atoms with Crippen LogP contribution in [0.5, 0.6) is 0 Å². The van der Waals surface area contributed by atoms with E-state index in [1.165, 1.54) is 0 Å². The van der Waals surface area contributed by atoms with E-state index in [1.807, 2.05) is 0 Å². The number of nitrogens with two attached hydrogens (primary N) is 1. The Labute approximate surface area is 157 Å². The predicted molar refractivity (Wildman–Crippen MR) is 96.7 cm³/mol. The molecule has 0 saturated carbocycles. The van der Waals surface area contributed by atoms with E-state index in [9.17, 15) is 19.2 Å². The van der Waals surface area contributed by atoms with Crippen molar-refractivity contribution in [2.45, 2.75) is 51.3 Å². The van der Waals surface area contributed by atoms with Gasteiger partial charge in [0.2, 0.25) is 11.8 Å². The maximum absolute atomic E-state index is 12.5. The molecule has 2 atom stereocenters. The van der Waals surface area contributed by atoms with Gasteiger partial charge in [-0.25, -0.2) is 9.59 Å². The molecule has 5 N–H and O–H groups in total. The fraction of sp³-hybridized carbons (Fsp3) is 0.444. The molecule has 0 radical (unpaired) electrons. The number of benzene rings is 1. The van der Waals surface area contributed by atoms with Gasteiger partial charge in [0.15, 0.2) is 0 Å². The molecule has 9 heteroatoms. The van der Waals surface area contributed by atoms with Crippen LogP contribution in [0.1, 0.15) is 32.8 Å². The summed E-state index contributed by atoms with van der Waals surface area (Å²) in [7, 11) is 0. The van der Waals surface area contributed by atoms with Crippen molar-refractivity contribution >= 4 is 23.9 Å². The second-order valence-electron chi connectivity index (χ2n) is 6.96. The number of amides is 3. The fourth-order valence-electron chi connectivity index (χ4n) is 2.18. The van der Waals surface area contributed by atoms with E-state index < -0.39 is 48.0 Å². The highest BCUT2D eigenvalue weighted by atomic mass is 16.6. The Hall–Kier alpha value is -3.10. The third kappa shape index (κ3) is 8.70. The largest absolute Gasteiger partial charge is 0.480 e. The van der Waals surface area contributed by atoms with Gasteiger partial charge in [-0.3, -0.25) is 9.59 Å². The number of primary amides is 1. The van der Waals surface area contributed by atoms with Crippen LogP contribution in [0.3, 0.4) is 0 Å². The molecule has 0 bridgehead atoms. The molecule has 148 valence electrons. The van der Waals surface area contributed by atoms with Gasteiger partial charge in [-0.05, 0) is 26.3 Å². The summed E-state index contributed by atoms with van der Waals surface area (Å²) in [6.07, 6.45) is -1.28. The summed E-state index contributed by atoms with van der Waals surface area (Å²) < 4.78 is 5.15. The minimum atomic E-state index is -1.49. The van der Waals surface area contributed by atoms with Crippen LogP contribution in [0.15, 0.2) is 30.3 Å². The Bertz CT molecular complexity index is 684. The summed E-state index contributed by atoms with van der Waals surface area (Å²) in [4.78, 5) is 46.8. The Kier molecular flexibility index (Phi) is 7.77. The van der Waals surface area contributed by atoms with Crippen molar-refractivity contribution in [2.75, 3.05) is 0 Å². The quantitative estimate of drug-likeness (QED) is 0.519. The standard InChI is InChI=1S/C18H25N3O6/c1-18(2,3)27-17(26)21-12(9-11-7-5-4-6-8-11)15(23)20-13(16(24)25)10-14(19)22/h4-8,12-13H,9-10H2,1-3H3,(H2,19,22)(H,20,23)(H,21,26)(H,24,25)/t12-,13-/m0/s1. The van der Waals surface area contributed by atoms with Crippen molar-refractivity contribution in [2.24, 2.45) is 5.73 Å². The monoisotopic (exact) mass is 379 g/mol. The van der Waals surface area contributed by atoms with E-state index >= 15 is 0 Å².